The van der Waals surface area contributed by atoms with Crippen LogP contribution in [0.25, 0.3) is 11.1 Å². The number of phenolic OH excluding ortho intramolecular Hbond substituents is 1. The van der Waals surface area contributed by atoms with E-state index in [1.54, 1.807) is 6.07 Å². The van der Waals surface area contributed by atoms with Crippen LogP contribution in [-0.2, 0) is 12.8 Å². The molecule has 0 spiro atoms. The lowest BCUT2D eigenvalue weighted by Gasteiger charge is -2.12. The van der Waals surface area contributed by atoms with Crippen molar-refractivity contribution in [2.45, 2.75) is 12.8 Å². The van der Waals surface area contributed by atoms with E-state index in [-0.39, 0.29) is 0 Å². The predicted molar refractivity (Wildman–Crippen MR) is 112 cm³/mol. The number of phenols is 1. The number of aromatic hydroxyl groups is 1. The van der Waals surface area contributed by atoms with Gasteiger partial charge in [0, 0.05) is 5.56 Å². The molecule has 0 atom stereocenters. The van der Waals surface area contributed by atoms with E-state index in [2.05, 4.69) is 66.7 Å². The predicted octanol–water partition coefficient (Wildman–Crippen LogP) is 6.24. The van der Waals surface area contributed by atoms with Crippen molar-refractivity contribution in [3.63, 3.8) is 0 Å². The molecule has 4 aromatic carbocycles. The first-order valence-corrected chi connectivity index (χ1v) is 9.27. The summed E-state index contributed by atoms with van der Waals surface area (Å²) in [6.07, 6.45) is 1.76. The average Bonchev–Trinajstić information content (AvgIpc) is 2.70. The van der Waals surface area contributed by atoms with Gasteiger partial charge >= 0.3 is 0 Å². The van der Waals surface area contributed by atoms with Crippen molar-refractivity contribution in [1.29, 1.82) is 0 Å². The zero-order valence-electron chi connectivity index (χ0n) is 15.2. The Labute approximate surface area is 160 Å². The Balaban J connectivity index is 1.75. The Morgan fingerprint density at radius 3 is 1.48 bits per heavy atom. The monoisotopic (exact) mass is 350 g/mol. The molecule has 1 heteroatoms. The molecular weight excluding hydrogens is 328 g/mol. The Kier molecular flexibility index (Phi) is 5.02. The van der Waals surface area contributed by atoms with Crippen LogP contribution in [-0.4, -0.2) is 5.11 Å². The van der Waals surface area contributed by atoms with E-state index >= 15 is 0 Å². The van der Waals surface area contributed by atoms with Crippen LogP contribution in [0.15, 0.2) is 103 Å². The van der Waals surface area contributed by atoms with E-state index in [1.165, 1.54) is 22.3 Å². The summed E-state index contributed by atoms with van der Waals surface area (Å²) >= 11 is 0. The second kappa shape index (κ2) is 7.92. The summed E-state index contributed by atoms with van der Waals surface area (Å²) in [6, 6.07) is 35.2. The highest BCUT2D eigenvalue weighted by Crippen LogP contribution is 2.31. The lowest BCUT2D eigenvalue weighted by molar-refractivity contribution is 0.477. The minimum Gasteiger partial charge on any atom is -0.507 e. The molecule has 0 bridgehead atoms. The highest BCUT2D eigenvalue weighted by molar-refractivity contribution is 5.71. The lowest BCUT2D eigenvalue weighted by Crippen LogP contribution is -1.95. The first-order chi connectivity index (χ1) is 13.3. The van der Waals surface area contributed by atoms with E-state index in [9.17, 15) is 5.11 Å². The number of para-hydroxylation sites is 1. The molecule has 4 aromatic rings. The Bertz CT molecular complexity index is 961. The van der Waals surface area contributed by atoms with Crippen LogP contribution < -0.4 is 0 Å². The van der Waals surface area contributed by atoms with Gasteiger partial charge in [0.05, 0.1) is 0 Å². The molecule has 27 heavy (non-hydrogen) atoms. The third-order valence-corrected chi connectivity index (χ3v) is 4.77. The summed E-state index contributed by atoms with van der Waals surface area (Å²) in [4.78, 5) is 0. The van der Waals surface area contributed by atoms with Gasteiger partial charge in [0.2, 0.25) is 0 Å². The van der Waals surface area contributed by atoms with Crippen LogP contribution >= 0.6 is 0 Å². The zero-order valence-corrected chi connectivity index (χ0v) is 15.2. The SMILES string of the molecule is Oc1ccccc1-c1cc(Cc2ccccc2)cc(Cc2ccccc2)c1. The quantitative estimate of drug-likeness (QED) is 0.451. The minimum absolute atomic E-state index is 0.319. The van der Waals surface area contributed by atoms with Crippen molar-refractivity contribution >= 4 is 0 Å². The Morgan fingerprint density at radius 1 is 0.481 bits per heavy atom. The van der Waals surface area contributed by atoms with Crippen molar-refractivity contribution < 1.29 is 5.11 Å². The van der Waals surface area contributed by atoms with Crippen LogP contribution in [0.1, 0.15) is 22.3 Å². The van der Waals surface area contributed by atoms with Gasteiger partial charge in [-0.25, -0.2) is 0 Å². The molecule has 0 aliphatic carbocycles. The summed E-state index contributed by atoms with van der Waals surface area (Å²) in [7, 11) is 0. The molecule has 0 amide bonds. The van der Waals surface area contributed by atoms with E-state index in [1.807, 2.05) is 30.3 Å². The number of benzene rings is 4. The lowest BCUT2D eigenvalue weighted by atomic mass is 9.93. The second-order valence-electron chi connectivity index (χ2n) is 6.88. The Morgan fingerprint density at radius 2 is 0.963 bits per heavy atom. The summed E-state index contributed by atoms with van der Waals surface area (Å²) in [5.74, 6) is 0.319. The van der Waals surface area contributed by atoms with Crippen LogP contribution in [0.2, 0.25) is 0 Å². The minimum atomic E-state index is 0.319. The van der Waals surface area contributed by atoms with E-state index in [4.69, 9.17) is 0 Å². The summed E-state index contributed by atoms with van der Waals surface area (Å²) in [5.41, 5.74) is 7.03. The summed E-state index contributed by atoms with van der Waals surface area (Å²) < 4.78 is 0. The maximum Gasteiger partial charge on any atom is 0.123 e. The molecule has 0 aromatic heterocycles. The summed E-state index contributed by atoms with van der Waals surface area (Å²) in [6.45, 7) is 0. The molecule has 0 aliphatic rings. The molecule has 1 nitrogen and oxygen atoms in total. The molecule has 0 radical (unpaired) electrons. The normalized spacial score (nSPS) is 10.7. The molecule has 0 aliphatic heterocycles. The standard InChI is InChI=1S/C26H22O/c27-26-14-8-7-13-25(26)24-18-22(15-20-9-3-1-4-10-20)17-23(19-24)16-21-11-5-2-6-12-21/h1-14,17-19,27H,15-16H2. The third-order valence-electron chi connectivity index (χ3n) is 4.77. The highest BCUT2D eigenvalue weighted by Gasteiger charge is 2.08. The zero-order chi connectivity index (χ0) is 18.5. The molecule has 4 rings (SSSR count). The van der Waals surface area contributed by atoms with Gasteiger partial charge in [-0.05, 0) is 46.7 Å². The fourth-order valence-corrected chi connectivity index (χ4v) is 3.50. The van der Waals surface area contributed by atoms with Crippen LogP contribution in [0.3, 0.4) is 0 Å². The van der Waals surface area contributed by atoms with E-state index in [0.717, 1.165) is 24.0 Å². The fourth-order valence-electron chi connectivity index (χ4n) is 3.50. The second-order valence-corrected chi connectivity index (χ2v) is 6.88. The first-order valence-electron chi connectivity index (χ1n) is 9.27. The average molecular weight is 350 g/mol. The maximum absolute atomic E-state index is 10.3. The van der Waals surface area contributed by atoms with Gasteiger partial charge in [-0.1, -0.05) is 97.1 Å². The van der Waals surface area contributed by atoms with Crippen molar-refractivity contribution in [2.24, 2.45) is 0 Å². The van der Waals surface area contributed by atoms with E-state index < -0.39 is 0 Å². The molecule has 0 unspecified atom stereocenters. The number of rotatable bonds is 5. The molecule has 0 saturated heterocycles. The van der Waals surface area contributed by atoms with Crippen LogP contribution in [0.4, 0.5) is 0 Å². The van der Waals surface area contributed by atoms with Gasteiger partial charge in [-0.15, -0.1) is 0 Å². The third kappa shape index (κ3) is 4.27. The topological polar surface area (TPSA) is 20.2 Å². The molecule has 0 heterocycles. The maximum atomic E-state index is 10.3. The van der Waals surface area contributed by atoms with Gasteiger partial charge in [-0.2, -0.15) is 0 Å². The largest absolute Gasteiger partial charge is 0.507 e. The fraction of sp³-hybridized carbons (Fsp3) is 0.0769. The van der Waals surface area contributed by atoms with Crippen LogP contribution in [0.5, 0.6) is 5.75 Å². The highest BCUT2D eigenvalue weighted by atomic mass is 16.3. The van der Waals surface area contributed by atoms with Gasteiger partial charge < -0.3 is 5.11 Å². The smallest absolute Gasteiger partial charge is 0.123 e. The van der Waals surface area contributed by atoms with Crippen molar-refractivity contribution in [3.05, 3.63) is 125 Å². The first kappa shape index (κ1) is 17.1. The number of hydrogen-bond donors (Lipinski definition) is 1. The van der Waals surface area contributed by atoms with Crippen molar-refractivity contribution in [2.75, 3.05) is 0 Å². The van der Waals surface area contributed by atoms with Crippen molar-refractivity contribution in [1.82, 2.24) is 0 Å². The van der Waals surface area contributed by atoms with Crippen molar-refractivity contribution in [3.8, 4) is 16.9 Å². The molecule has 0 saturated carbocycles. The van der Waals surface area contributed by atoms with Gasteiger partial charge in [0.15, 0.2) is 0 Å². The van der Waals surface area contributed by atoms with Gasteiger partial charge in [0.25, 0.3) is 0 Å². The van der Waals surface area contributed by atoms with Gasteiger partial charge in [-0.3, -0.25) is 0 Å². The van der Waals surface area contributed by atoms with Gasteiger partial charge in [0.1, 0.15) is 5.75 Å². The Hall–Kier alpha value is -3.32. The number of hydrogen-bond acceptors (Lipinski definition) is 1. The molecule has 0 fully saturated rings. The molecule has 1 N–H and O–H groups in total. The molecular formula is C26H22O. The van der Waals surface area contributed by atoms with E-state index in [0.29, 0.717) is 5.75 Å². The molecule has 132 valence electrons. The summed E-state index contributed by atoms with van der Waals surface area (Å²) in [5, 5.41) is 10.3. The van der Waals surface area contributed by atoms with Crippen LogP contribution in [0, 0.1) is 0 Å².